The molecular formula is C26H32BrN. The summed E-state index contributed by atoms with van der Waals surface area (Å²) in [6.07, 6.45) is 10.1. The molecule has 28 heavy (non-hydrogen) atoms. The second-order valence-electron chi connectivity index (χ2n) is 7.79. The van der Waals surface area contributed by atoms with E-state index in [2.05, 4.69) is 88.1 Å². The summed E-state index contributed by atoms with van der Waals surface area (Å²) in [6.45, 7) is 4.30. The third kappa shape index (κ3) is 6.23. The molecule has 1 atom stereocenters. The third-order valence-electron chi connectivity index (χ3n) is 5.58. The zero-order valence-corrected chi connectivity index (χ0v) is 18.7. The van der Waals surface area contributed by atoms with Crippen LogP contribution in [0.5, 0.6) is 0 Å². The molecule has 0 fully saturated rings. The summed E-state index contributed by atoms with van der Waals surface area (Å²) >= 11 is 3.54. The van der Waals surface area contributed by atoms with Crippen molar-refractivity contribution in [1.29, 1.82) is 0 Å². The van der Waals surface area contributed by atoms with Crippen LogP contribution in [0.2, 0.25) is 0 Å². The van der Waals surface area contributed by atoms with E-state index < -0.39 is 0 Å². The van der Waals surface area contributed by atoms with Crippen LogP contribution in [0.3, 0.4) is 0 Å². The molecule has 1 aliphatic heterocycles. The first-order chi connectivity index (χ1) is 13.8. The zero-order chi connectivity index (χ0) is 19.6. The van der Waals surface area contributed by atoms with Gasteiger partial charge in [-0.2, -0.15) is 0 Å². The van der Waals surface area contributed by atoms with Crippen molar-refractivity contribution in [2.45, 2.75) is 70.9 Å². The molecule has 0 amide bonds. The van der Waals surface area contributed by atoms with Crippen molar-refractivity contribution in [3.8, 4) is 11.8 Å². The molecule has 2 aromatic carbocycles. The van der Waals surface area contributed by atoms with Crippen molar-refractivity contribution in [1.82, 2.24) is 4.90 Å². The Hall–Kier alpha value is -1.56. The topological polar surface area (TPSA) is 3.24 Å². The normalized spacial score (nSPS) is 16.3. The molecule has 0 spiro atoms. The highest BCUT2D eigenvalue weighted by atomic mass is 79.9. The van der Waals surface area contributed by atoms with Gasteiger partial charge in [-0.05, 0) is 41.7 Å². The molecule has 148 valence electrons. The van der Waals surface area contributed by atoms with Crippen molar-refractivity contribution in [2.75, 3.05) is 6.54 Å². The molecule has 0 aromatic heterocycles. The van der Waals surface area contributed by atoms with E-state index >= 15 is 0 Å². The first kappa shape index (κ1) is 21.2. The van der Waals surface area contributed by atoms with Crippen LogP contribution in [0.4, 0.5) is 0 Å². The summed E-state index contributed by atoms with van der Waals surface area (Å²) in [6, 6.07) is 17.8. The number of nitrogens with zero attached hydrogens (tertiary/aromatic N) is 1. The van der Waals surface area contributed by atoms with Crippen LogP contribution in [0.15, 0.2) is 53.0 Å². The van der Waals surface area contributed by atoms with Gasteiger partial charge < -0.3 is 0 Å². The van der Waals surface area contributed by atoms with Gasteiger partial charge in [0.2, 0.25) is 0 Å². The van der Waals surface area contributed by atoms with Gasteiger partial charge in [0.05, 0.1) is 6.04 Å². The molecule has 1 nitrogen and oxygen atoms in total. The van der Waals surface area contributed by atoms with Gasteiger partial charge in [0.25, 0.3) is 0 Å². The van der Waals surface area contributed by atoms with E-state index in [9.17, 15) is 0 Å². The van der Waals surface area contributed by atoms with E-state index in [0.29, 0.717) is 0 Å². The molecule has 1 aliphatic rings. The van der Waals surface area contributed by atoms with E-state index in [1.807, 2.05) is 0 Å². The molecule has 3 rings (SSSR count). The molecule has 2 aromatic rings. The summed E-state index contributed by atoms with van der Waals surface area (Å²) in [7, 11) is 0. The van der Waals surface area contributed by atoms with Crippen LogP contribution in [-0.4, -0.2) is 11.4 Å². The number of rotatable bonds is 8. The van der Waals surface area contributed by atoms with Crippen molar-refractivity contribution < 1.29 is 0 Å². The highest BCUT2D eigenvalue weighted by Gasteiger charge is 2.25. The summed E-state index contributed by atoms with van der Waals surface area (Å²) < 4.78 is 1.13. The minimum Gasteiger partial charge on any atom is -0.281 e. The lowest BCUT2D eigenvalue weighted by Crippen LogP contribution is -2.34. The second kappa shape index (κ2) is 11.4. The summed E-state index contributed by atoms with van der Waals surface area (Å²) in [5, 5.41) is 0. The molecule has 0 bridgehead atoms. The molecule has 0 N–H and O–H groups in total. The Balaban J connectivity index is 1.65. The molecule has 0 radical (unpaired) electrons. The maximum Gasteiger partial charge on any atom is 0.0976 e. The number of fused-ring (bicyclic) bond motifs is 1. The summed E-state index contributed by atoms with van der Waals surface area (Å²) in [5.41, 5.74) is 4.22. The lowest BCUT2D eigenvalue weighted by atomic mass is 9.92. The van der Waals surface area contributed by atoms with Gasteiger partial charge in [-0.1, -0.05) is 97.3 Å². The van der Waals surface area contributed by atoms with E-state index in [-0.39, 0.29) is 6.04 Å². The Morgan fingerprint density at radius 1 is 0.964 bits per heavy atom. The van der Waals surface area contributed by atoms with Crippen molar-refractivity contribution >= 4 is 15.9 Å². The van der Waals surface area contributed by atoms with Gasteiger partial charge in [0.1, 0.15) is 0 Å². The molecule has 0 saturated heterocycles. The third-order valence-corrected chi connectivity index (χ3v) is 6.10. The maximum atomic E-state index is 3.63. The second-order valence-corrected chi connectivity index (χ2v) is 8.70. The lowest BCUT2D eigenvalue weighted by molar-refractivity contribution is 0.216. The average Bonchev–Trinajstić information content (AvgIpc) is 2.72. The molecular weight excluding hydrogens is 406 g/mol. The first-order valence-electron chi connectivity index (χ1n) is 10.8. The molecule has 0 saturated carbocycles. The number of hydrogen-bond donors (Lipinski definition) is 0. The SMILES string of the molecule is CCCCCCCCC#CC1c2ccccc2CCN1Cc1ccc(Br)cc1. The summed E-state index contributed by atoms with van der Waals surface area (Å²) in [4.78, 5) is 2.54. The van der Waals surface area contributed by atoms with Crippen molar-refractivity contribution in [2.24, 2.45) is 0 Å². The van der Waals surface area contributed by atoms with Crippen LogP contribution >= 0.6 is 15.9 Å². The Morgan fingerprint density at radius 3 is 2.54 bits per heavy atom. The minimum atomic E-state index is 0.216. The largest absolute Gasteiger partial charge is 0.281 e. The Morgan fingerprint density at radius 2 is 1.71 bits per heavy atom. The fraction of sp³-hybridized carbons (Fsp3) is 0.462. The van der Waals surface area contributed by atoms with E-state index in [1.165, 1.54) is 55.2 Å². The zero-order valence-electron chi connectivity index (χ0n) is 17.1. The number of unbranched alkanes of at least 4 members (excludes halogenated alkanes) is 6. The smallest absolute Gasteiger partial charge is 0.0976 e. The quantitative estimate of drug-likeness (QED) is 0.309. The van der Waals surface area contributed by atoms with Crippen molar-refractivity contribution in [3.63, 3.8) is 0 Å². The van der Waals surface area contributed by atoms with Crippen LogP contribution in [-0.2, 0) is 13.0 Å². The van der Waals surface area contributed by atoms with Crippen LogP contribution in [0.1, 0.15) is 74.6 Å². The predicted octanol–water partition coefficient (Wildman–Crippen LogP) is 7.30. The first-order valence-corrected chi connectivity index (χ1v) is 11.6. The van der Waals surface area contributed by atoms with Gasteiger partial charge in [-0.3, -0.25) is 4.90 Å². The van der Waals surface area contributed by atoms with Crippen LogP contribution in [0, 0.1) is 11.8 Å². The highest BCUT2D eigenvalue weighted by Crippen LogP contribution is 2.30. The molecule has 2 heteroatoms. The minimum absolute atomic E-state index is 0.216. The van der Waals surface area contributed by atoms with Gasteiger partial charge in [-0.15, -0.1) is 5.92 Å². The van der Waals surface area contributed by atoms with E-state index in [4.69, 9.17) is 0 Å². The molecule has 0 aliphatic carbocycles. The summed E-state index contributed by atoms with van der Waals surface area (Å²) in [5.74, 6) is 7.14. The Kier molecular flexibility index (Phi) is 8.65. The predicted molar refractivity (Wildman–Crippen MR) is 123 cm³/mol. The fourth-order valence-electron chi connectivity index (χ4n) is 3.94. The van der Waals surface area contributed by atoms with Crippen molar-refractivity contribution in [3.05, 3.63) is 69.7 Å². The van der Waals surface area contributed by atoms with E-state index in [0.717, 1.165) is 30.4 Å². The van der Waals surface area contributed by atoms with Gasteiger partial charge in [-0.25, -0.2) is 0 Å². The molecule has 1 heterocycles. The number of halogens is 1. The number of hydrogen-bond acceptors (Lipinski definition) is 1. The van der Waals surface area contributed by atoms with E-state index in [1.54, 1.807) is 0 Å². The maximum absolute atomic E-state index is 3.63. The van der Waals surface area contributed by atoms with Gasteiger partial charge >= 0.3 is 0 Å². The van der Waals surface area contributed by atoms with Gasteiger partial charge in [0.15, 0.2) is 0 Å². The monoisotopic (exact) mass is 437 g/mol. The Bertz CT molecular complexity index is 784. The fourth-order valence-corrected chi connectivity index (χ4v) is 4.21. The molecule has 1 unspecified atom stereocenters. The lowest BCUT2D eigenvalue weighted by Gasteiger charge is -2.34. The standard InChI is InChI=1S/C26H32BrN/c1-2-3-4-5-6-7-8-9-14-26-25-13-11-10-12-23(25)19-20-28(26)21-22-15-17-24(27)18-16-22/h10-13,15-18,26H,2-8,19-21H2,1H3. The van der Waals surface area contributed by atoms with Crippen LogP contribution in [0.25, 0.3) is 0 Å². The number of benzene rings is 2. The van der Waals surface area contributed by atoms with Gasteiger partial charge in [0, 0.05) is 24.0 Å². The highest BCUT2D eigenvalue weighted by molar-refractivity contribution is 9.10. The average molecular weight is 438 g/mol. The Labute approximate surface area is 179 Å². The van der Waals surface area contributed by atoms with Crippen LogP contribution < -0.4 is 0 Å².